The van der Waals surface area contributed by atoms with Gasteiger partial charge in [0.1, 0.15) is 35.2 Å². The van der Waals surface area contributed by atoms with Gasteiger partial charge in [-0.05, 0) is 96.2 Å². The summed E-state index contributed by atoms with van der Waals surface area (Å²) in [6.45, 7) is 0. The van der Waals surface area contributed by atoms with Crippen LogP contribution in [-0.2, 0) is 14.3 Å². The van der Waals surface area contributed by atoms with Gasteiger partial charge in [0.15, 0.2) is 0 Å². The summed E-state index contributed by atoms with van der Waals surface area (Å²) in [7, 11) is 2.73. The van der Waals surface area contributed by atoms with Crippen LogP contribution in [0.3, 0.4) is 0 Å². The average molecular weight is 871 g/mol. The topological polar surface area (TPSA) is 186 Å². The van der Waals surface area contributed by atoms with E-state index in [4.69, 9.17) is 19.4 Å². The summed E-state index contributed by atoms with van der Waals surface area (Å²) in [5.74, 6) is 2.92. The molecule has 11 rings (SSSR count). The predicted octanol–water partition coefficient (Wildman–Crippen LogP) is 8.67. The third-order valence-corrected chi connectivity index (χ3v) is 13.6. The van der Waals surface area contributed by atoms with Crippen molar-refractivity contribution in [3.05, 3.63) is 144 Å². The lowest BCUT2D eigenvalue weighted by atomic mass is 10.0. The molecule has 7 aromatic rings. The molecule has 65 heavy (non-hydrogen) atoms. The zero-order chi connectivity index (χ0) is 44.5. The molecule has 328 valence electrons. The number of likely N-dealkylation sites (N-methyl/N-ethyl adjacent to an activating group) is 1. The average Bonchev–Trinajstić information content (AvgIpc) is 3.99. The van der Waals surface area contributed by atoms with E-state index in [0.29, 0.717) is 46.1 Å². The molecule has 2 saturated heterocycles. The summed E-state index contributed by atoms with van der Waals surface area (Å²) in [5, 5.41) is 12.7. The molecule has 15 nitrogen and oxygen atoms in total. The minimum Gasteiger partial charge on any atom is -0.465 e. The third kappa shape index (κ3) is 7.35. The number of nitrogens with one attached hydrogen (secondary N) is 3. The zero-order valence-electron chi connectivity index (χ0n) is 35.6. The number of hydrogen-bond acceptors (Lipinski definition) is 8. The number of H-pyrrole nitrogens is 2. The van der Waals surface area contributed by atoms with E-state index < -0.39 is 24.3 Å². The second-order valence-corrected chi connectivity index (χ2v) is 17.6. The summed E-state index contributed by atoms with van der Waals surface area (Å²) in [6.07, 6.45) is 1.52. The number of benzene rings is 5. The second kappa shape index (κ2) is 15.8. The normalized spacial score (nSPS) is 22.5. The number of carbonyl (C=O) groups is 4. The molecular formula is C50H46N8O7. The largest absolute Gasteiger partial charge is 0.465 e. The van der Waals surface area contributed by atoms with Gasteiger partial charge in [0, 0.05) is 25.2 Å². The third-order valence-electron chi connectivity index (χ3n) is 13.6. The Balaban J connectivity index is 0.811. The molecule has 15 heteroatoms. The number of imidazole rings is 2. The van der Waals surface area contributed by atoms with Gasteiger partial charge in [-0.15, -0.1) is 0 Å². The van der Waals surface area contributed by atoms with Crippen LogP contribution in [0.1, 0.15) is 72.6 Å². The Morgan fingerprint density at radius 1 is 0.677 bits per heavy atom. The fraction of sp³-hybridized carbons (Fsp3) is 0.280. The summed E-state index contributed by atoms with van der Waals surface area (Å²) in [4.78, 5) is 74.8. The van der Waals surface area contributed by atoms with Crippen molar-refractivity contribution in [1.29, 1.82) is 0 Å². The highest BCUT2D eigenvalue weighted by Gasteiger charge is 2.57. The number of amides is 4. The lowest BCUT2D eigenvalue weighted by Crippen LogP contribution is -2.44. The molecule has 4 N–H and O–H groups in total. The number of carboxylic acid groups (broad SMARTS) is 1. The highest BCUT2D eigenvalue weighted by atomic mass is 16.5. The lowest BCUT2D eigenvalue weighted by Gasteiger charge is -2.33. The number of fused-ring (bicyclic) bond motifs is 4. The summed E-state index contributed by atoms with van der Waals surface area (Å²) in [5.41, 5.74) is 6.32. The van der Waals surface area contributed by atoms with E-state index in [-0.39, 0.29) is 36.0 Å². The van der Waals surface area contributed by atoms with Gasteiger partial charge in [-0.25, -0.2) is 19.6 Å². The summed E-state index contributed by atoms with van der Waals surface area (Å²) >= 11 is 0. The van der Waals surface area contributed by atoms with Crippen LogP contribution >= 0.6 is 0 Å². The van der Waals surface area contributed by atoms with Gasteiger partial charge < -0.3 is 39.7 Å². The van der Waals surface area contributed by atoms with Crippen molar-refractivity contribution in [3.8, 4) is 22.6 Å². The first kappa shape index (κ1) is 40.1. The molecule has 2 unspecified atom stereocenters. The molecule has 4 amide bonds. The Kier molecular flexibility index (Phi) is 9.78. The van der Waals surface area contributed by atoms with Crippen LogP contribution in [0.5, 0.6) is 11.5 Å². The second-order valence-electron chi connectivity index (χ2n) is 17.6. The number of rotatable bonds is 11. The zero-order valence-corrected chi connectivity index (χ0v) is 35.6. The first-order valence-corrected chi connectivity index (χ1v) is 21.9. The standard InChI is InChI=1S/C50H46N8O7/c1-56(50(62)63)44(28-12-7-4-8-13-28)48(60)58-40-23-32(40)25-42(58)46-51-35-18-16-30(21-37(35)53-46)29-14-9-15-33(20-29)65-34-17-19-36-38(26-34)54-45(52-36)41-24-31-22-39(31)57(41)47(59)43(55-49(61)64-2)27-10-5-3-6-11-27/h3-21,26,31-32,39-44H,22-25H2,1-2H3,(H,51,53)(H,52,54)(H,55,61)(H,62,63)/t31-,32-,39-,40-,41+,42+,43?,44?/m1/s1. The number of likely N-dealkylation sites (tertiary alicyclic amines) is 2. The minimum absolute atomic E-state index is 0.0544. The summed E-state index contributed by atoms with van der Waals surface area (Å²) < 4.78 is 11.3. The van der Waals surface area contributed by atoms with E-state index in [9.17, 15) is 24.3 Å². The van der Waals surface area contributed by atoms with Gasteiger partial charge in [0.05, 0.1) is 41.3 Å². The Hall–Kier alpha value is -7.68. The molecule has 2 aromatic heterocycles. The summed E-state index contributed by atoms with van der Waals surface area (Å²) in [6, 6.07) is 35.5. The Bertz CT molecular complexity index is 2990. The fourth-order valence-electron chi connectivity index (χ4n) is 10.2. The molecule has 8 atom stereocenters. The molecule has 2 saturated carbocycles. The van der Waals surface area contributed by atoms with Gasteiger partial charge in [-0.1, -0.05) is 78.9 Å². The number of methoxy groups -OCH3 is 1. The van der Waals surface area contributed by atoms with Crippen molar-refractivity contribution in [1.82, 2.24) is 40.0 Å². The minimum atomic E-state index is -1.17. The number of hydrogen-bond donors (Lipinski definition) is 4. The molecule has 2 aliphatic heterocycles. The molecule has 4 aliphatic rings. The van der Waals surface area contributed by atoms with Crippen molar-refractivity contribution in [2.45, 2.75) is 61.9 Å². The van der Waals surface area contributed by atoms with Crippen LogP contribution in [0.25, 0.3) is 33.2 Å². The van der Waals surface area contributed by atoms with Gasteiger partial charge in [0.2, 0.25) is 0 Å². The SMILES string of the molecule is COC(=O)NC(C(=O)N1[C@@H]2C[C@@H]2C[C@H]1c1nc2ccc(Oc3cccc(-c4ccc5nc([C@@H]6C[C@H]7C[C@H]7N6C(=O)C(c6ccccc6)N(C)C(=O)O)[nH]c5c4)c3)cc2[nH]1)c1ccccc1. The smallest absolute Gasteiger partial charge is 0.407 e. The first-order chi connectivity index (χ1) is 31.6. The van der Waals surface area contributed by atoms with E-state index in [2.05, 4.69) is 15.3 Å². The molecule has 4 heterocycles. The monoisotopic (exact) mass is 870 g/mol. The van der Waals surface area contributed by atoms with Crippen LogP contribution in [0.2, 0.25) is 0 Å². The van der Waals surface area contributed by atoms with E-state index in [0.717, 1.165) is 63.8 Å². The Labute approximate surface area is 373 Å². The number of aromatic nitrogens is 4. The van der Waals surface area contributed by atoms with Gasteiger partial charge >= 0.3 is 12.2 Å². The Morgan fingerprint density at radius 3 is 1.88 bits per heavy atom. The van der Waals surface area contributed by atoms with Crippen LogP contribution in [0, 0.1) is 11.8 Å². The van der Waals surface area contributed by atoms with Crippen molar-refractivity contribution < 1.29 is 33.8 Å². The highest BCUT2D eigenvalue weighted by Crippen LogP contribution is 2.55. The van der Waals surface area contributed by atoms with Crippen molar-refractivity contribution in [2.24, 2.45) is 11.8 Å². The molecule has 0 radical (unpaired) electrons. The van der Waals surface area contributed by atoms with Crippen LogP contribution < -0.4 is 10.1 Å². The van der Waals surface area contributed by atoms with Gasteiger partial charge in [-0.2, -0.15) is 0 Å². The Morgan fingerprint density at radius 2 is 1.25 bits per heavy atom. The number of carbonyl (C=O) groups excluding carboxylic acids is 3. The molecule has 0 bridgehead atoms. The maximum absolute atomic E-state index is 14.3. The number of nitrogens with zero attached hydrogens (tertiary/aromatic N) is 5. The van der Waals surface area contributed by atoms with E-state index >= 15 is 0 Å². The molecule has 5 aromatic carbocycles. The highest BCUT2D eigenvalue weighted by molar-refractivity contribution is 5.89. The number of aromatic amines is 2. The molecule has 2 aliphatic carbocycles. The van der Waals surface area contributed by atoms with E-state index in [1.807, 2.05) is 119 Å². The number of ether oxygens (including phenoxy) is 2. The van der Waals surface area contributed by atoms with E-state index in [1.165, 1.54) is 14.2 Å². The number of alkyl carbamates (subject to hydrolysis) is 1. The van der Waals surface area contributed by atoms with Crippen molar-refractivity contribution in [3.63, 3.8) is 0 Å². The van der Waals surface area contributed by atoms with Crippen molar-refractivity contribution in [2.75, 3.05) is 14.2 Å². The molecular weight excluding hydrogens is 825 g/mol. The number of piperidine rings is 2. The van der Waals surface area contributed by atoms with Crippen molar-refractivity contribution >= 4 is 46.1 Å². The molecule has 4 fully saturated rings. The first-order valence-electron chi connectivity index (χ1n) is 21.9. The fourth-order valence-corrected chi connectivity index (χ4v) is 10.2. The lowest BCUT2D eigenvalue weighted by molar-refractivity contribution is -0.138. The quantitative estimate of drug-likeness (QED) is 0.0987. The molecule has 0 spiro atoms. The van der Waals surface area contributed by atoms with Gasteiger partial charge in [-0.3, -0.25) is 14.5 Å². The maximum Gasteiger partial charge on any atom is 0.407 e. The van der Waals surface area contributed by atoms with E-state index in [1.54, 1.807) is 12.1 Å². The van der Waals surface area contributed by atoms with Crippen LogP contribution in [0.15, 0.2) is 121 Å². The maximum atomic E-state index is 14.3. The van der Waals surface area contributed by atoms with Crippen LogP contribution in [-0.4, -0.2) is 90.0 Å². The predicted molar refractivity (Wildman–Crippen MR) is 240 cm³/mol. The van der Waals surface area contributed by atoms with Gasteiger partial charge in [0.25, 0.3) is 11.8 Å². The van der Waals surface area contributed by atoms with Crippen LogP contribution in [0.4, 0.5) is 9.59 Å².